The van der Waals surface area contributed by atoms with Crippen molar-refractivity contribution < 1.29 is 32.1 Å². The Morgan fingerprint density at radius 1 is 1.20 bits per heavy atom. The van der Waals surface area contributed by atoms with Crippen LogP contribution in [0, 0.1) is 0 Å². The predicted molar refractivity (Wildman–Crippen MR) is 67.8 cm³/mol. The van der Waals surface area contributed by atoms with Gasteiger partial charge in [-0.05, 0) is 6.42 Å². The van der Waals surface area contributed by atoms with Gasteiger partial charge in [-0.3, -0.25) is 9.59 Å². The minimum Gasteiger partial charge on any atom is -0.600 e. The minimum absolute atomic E-state index is 0.0865. The molecule has 20 heavy (non-hydrogen) atoms. The fraction of sp³-hybridized carbons (Fsp3) is 0.833. The molecule has 5 nitrogen and oxygen atoms in total. The van der Waals surface area contributed by atoms with Crippen molar-refractivity contribution in [3.8, 4) is 0 Å². The minimum atomic E-state index is -3.00. The van der Waals surface area contributed by atoms with Crippen molar-refractivity contribution in [3.63, 3.8) is 0 Å². The van der Waals surface area contributed by atoms with Gasteiger partial charge in [-0.1, -0.05) is 19.8 Å². The lowest BCUT2D eigenvalue weighted by Gasteiger charge is -2.41. The van der Waals surface area contributed by atoms with Crippen LogP contribution < -0.4 is 0 Å². The molecule has 0 radical (unpaired) electrons. The first kappa shape index (κ1) is 15.2. The summed E-state index contributed by atoms with van der Waals surface area (Å²) < 4.78 is 38.1. The summed E-state index contributed by atoms with van der Waals surface area (Å²) >= 11 is 0. The Balaban J connectivity index is 2.12. The molecular weight excluding hydrogens is 271 g/mol. The molecule has 0 saturated carbocycles. The van der Waals surface area contributed by atoms with Crippen LogP contribution in [0.5, 0.6) is 0 Å². The number of nitrogens with zero attached hydrogens (tertiary/aromatic N) is 1. The molecule has 2 saturated heterocycles. The van der Waals surface area contributed by atoms with Crippen molar-refractivity contribution >= 4 is 18.6 Å². The summed E-state index contributed by atoms with van der Waals surface area (Å²) in [6.45, 7) is -0.850. The topological polar surface area (TPSA) is 52.6 Å². The second-order valence-corrected chi connectivity index (χ2v) is 6.12. The summed E-state index contributed by atoms with van der Waals surface area (Å²) in [7, 11) is 1.57. The molecule has 0 aromatic rings. The molecule has 2 fully saturated rings. The van der Waals surface area contributed by atoms with Crippen LogP contribution in [0.25, 0.3) is 0 Å². The average molecular weight is 291 g/mol. The van der Waals surface area contributed by atoms with Gasteiger partial charge in [-0.2, -0.15) is 0 Å². The van der Waals surface area contributed by atoms with Crippen molar-refractivity contribution in [2.24, 2.45) is 0 Å². The van der Waals surface area contributed by atoms with Crippen LogP contribution in [0.4, 0.5) is 8.78 Å². The van der Waals surface area contributed by atoms with Crippen LogP contribution >= 0.6 is 0 Å². The molecule has 0 aromatic carbocycles. The highest BCUT2D eigenvalue weighted by Crippen LogP contribution is 2.42. The van der Waals surface area contributed by atoms with Crippen LogP contribution in [-0.4, -0.2) is 49.1 Å². The zero-order valence-electron chi connectivity index (χ0n) is 11.9. The van der Waals surface area contributed by atoms with E-state index >= 15 is 0 Å². The lowest BCUT2D eigenvalue weighted by atomic mass is 9.62. The van der Waals surface area contributed by atoms with Gasteiger partial charge in [0.15, 0.2) is 0 Å². The lowest BCUT2D eigenvalue weighted by Crippen LogP contribution is -2.61. The van der Waals surface area contributed by atoms with Gasteiger partial charge in [-0.15, -0.1) is 0 Å². The largest absolute Gasteiger partial charge is 0.600 e. The number of likely N-dealkylation sites (N-methyl/N-ethyl adjacent to an activating group) is 1. The third-order valence-electron chi connectivity index (χ3n) is 4.26. The molecule has 0 spiro atoms. The maximum atomic E-state index is 14.1. The summed E-state index contributed by atoms with van der Waals surface area (Å²) in [6.07, 6.45) is 0.997. The van der Waals surface area contributed by atoms with Gasteiger partial charge in [0.1, 0.15) is 13.1 Å². The maximum absolute atomic E-state index is 14.1. The monoisotopic (exact) mass is 291 g/mol. The van der Waals surface area contributed by atoms with Crippen molar-refractivity contribution in [2.75, 3.05) is 20.1 Å². The van der Waals surface area contributed by atoms with Gasteiger partial charge < -0.3 is 13.7 Å². The Morgan fingerprint density at radius 2 is 1.75 bits per heavy atom. The number of alkyl halides is 2. The second kappa shape index (κ2) is 4.98. The molecule has 8 heteroatoms. The van der Waals surface area contributed by atoms with Crippen molar-refractivity contribution in [1.29, 1.82) is 0 Å². The van der Waals surface area contributed by atoms with Crippen LogP contribution in [0.15, 0.2) is 0 Å². The van der Waals surface area contributed by atoms with Crippen LogP contribution in [0.3, 0.4) is 0 Å². The number of unbranched alkanes of at least 4 members (excludes halogenated alkanes) is 2. The zero-order chi connectivity index (χ0) is 15.0. The predicted octanol–water partition coefficient (Wildman–Crippen LogP) is 1.70. The quantitative estimate of drug-likeness (QED) is 0.552. The first-order valence-electron chi connectivity index (χ1n) is 7.03. The Hall–Kier alpha value is -1.18. The molecule has 2 aliphatic heterocycles. The van der Waals surface area contributed by atoms with Gasteiger partial charge in [-0.25, -0.2) is 8.78 Å². The van der Waals surface area contributed by atoms with E-state index in [1.165, 1.54) is 0 Å². The fourth-order valence-electron chi connectivity index (χ4n) is 3.10. The van der Waals surface area contributed by atoms with E-state index in [1.807, 2.05) is 6.92 Å². The van der Waals surface area contributed by atoms with Crippen LogP contribution in [-0.2, 0) is 18.9 Å². The van der Waals surface area contributed by atoms with E-state index in [0.717, 1.165) is 12.8 Å². The van der Waals surface area contributed by atoms with E-state index in [2.05, 4.69) is 0 Å². The number of rotatable bonds is 6. The second-order valence-electron chi connectivity index (χ2n) is 6.12. The molecule has 2 rings (SSSR count). The van der Waals surface area contributed by atoms with Gasteiger partial charge in [0.05, 0.1) is 0 Å². The molecule has 2 heterocycles. The molecule has 114 valence electrons. The highest BCUT2D eigenvalue weighted by atomic mass is 19.3. The number of quaternary nitrogens is 1. The third-order valence-corrected chi connectivity index (χ3v) is 4.26. The molecule has 0 aromatic heterocycles. The zero-order valence-corrected chi connectivity index (χ0v) is 11.9. The molecule has 0 N–H and O–H groups in total. The number of hydrogen-bond donors (Lipinski definition) is 0. The van der Waals surface area contributed by atoms with Crippen molar-refractivity contribution in [1.82, 2.24) is 0 Å². The summed E-state index contributed by atoms with van der Waals surface area (Å²) in [5.41, 5.74) is 0. The van der Waals surface area contributed by atoms with Gasteiger partial charge in [0.25, 0.3) is 0 Å². The smallest absolute Gasteiger partial charge is 0.589 e. The van der Waals surface area contributed by atoms with E-state index < -0.39 is 30.9 Å². The molecule has 0 unspecified atom stereocenters. The Bertz CT molecular complexity index is 410. The molecule has 0 amide bonds. The highest BCUT2D eigenvalue weighted by Gasteiger charge is 2.67. The number of hydrogen-bond acceptors (Lipinski definition) is 4. The fourth-order valence-corrected chi connectivity index (χ4v) is 3.10. The summed E-state index contributed by atoms with van der Waals surface area (Å²) in [5, 5.41) is 0. The lowest BCUT2D eigenvalue weighted by molar-refractivity contribution is -0.794. The molecule has 0 atom stereocenters. The molecule has 0 aliphatic carbocycles. The standard InChI is InChI=1S/C12H20BF2NO4/c1-3-4-5-6-12(14,15)9-13-16(2,7-10(17)19-13)8-11(18)20-13/h3-9H2,1-2H3. The first-order chi connectivity index (χ1) is 9.22. The normalized spacial score (nSPS) is 33.0. The molecule has 0 bridgehead atoms. The Kier molecular flexibility index (Phi) is 3.79. The average Bonchev–Trinajstić information content (AvgIpc) is 2.59. The number of fused-ring (bicyclic) bond motifs is 1. The van der Waals surface area contributed by atoms with Crippen LogP contribution in [0.2, 0.25) is 6.32 Å². The Morgan fingerprint density at radius 3 is 2.25 bits per heavy atom. The van der Waals surface area contributed by atoms with E-state index in [9.17, 15) is 18.4 Å². The van der Waals surface area contributed by atoms with Crippen LogP contribution in [0.1, 0.15) is 32.6 Å². The van der Waals surface area contributed by atoms with Gasteiger partial charge in [0.2, 0.25) is 5.92 Å². The number of carbonyl (C=O) groups excluding carboxylic acids is 2. The maximum Gasteiger partial charge on any atom is 0.589 e. The highest BCUT2D eigenvalue weighted by molar-refractivity contribution is 6.66. The van der Waals surface area contributed by atoms with Crippen molar-refractivity contribution in [3.05, 3.63) is 0 Å². The summed E-state index contributed by atoms with van der Waals surface area (Å²) in [4.78, 5) is 22.9. The number of carbonyl (C=O) groups is 2. The van der Waals surface area contributed by atoms with Gasteiger partial charge >= 0.3 is 18.6 Å². The Labute approximate surface area is 116 Å². The van der Waals surface area contributed by atoms with E-state index in [-0.39, 0.29) is 23.9 Å². The summed E-state index contributed by atoms with van der Waals surface area (Å²) in [6, 6.07) is 0. The number of halogens is 2. The summed E-state index contributed by atoms with van der Waals surface area (Å²) in [5.74, 6) is -4.15. The molecular formula is C12H20BF2NO4. The SMILES string of the molecule is CCCCCC(F)(F)C[B-]12OC(=O)C[N+]1(C)CC(=O)O2. The first-order valence-corrected chi connectivity index (χ1v) is 7.03. The van der Waals surface area contributed by atoms with E-state index in [4.69, 9.17) is 9.31 Å². The van der Waals surface area contributed by atoms with E-state index in [0.29, 0.717) is 6.42 Å². The van der Waals surface area contributed by atoms with Crippen molar-refractivity contribution in [2.45, 2.75) is 44.8 Å². The third kappa shape index (κ3) is 2.66. The molecule has 2 aliphatic rings. The van der Waals surface area contributed by atoms with E-state index in [1.54, 1.807) is 7.05 Å². The van der Waals surface area contributed by atoms with Gasteiger partial charge in [0, 0.05) is 19.8 Å².